The van der Waals surface area contributed by atoms with Crippen molar-refractivity contribution in [2.45, 2.75) is 0 Å². The van der Waals surface area contributed by atoms with E-state index in [0.29, 0.717) is 11.4 Å². The van der Waals surface area contributed by atoms with E-state index in [9.17, 15) is 13.6 Å². The number of carbonyl (C=O) groups excluding carboxylic acids is 1. The number of nitrogens with two attached hydrogens (primary N) is 1. The smallest absolute Gasteiger partial charge is 0.262 e. The largest absolute Gasteiger partial charge is 0.484 e. The summed E-state index contributed by atoms with van der Waals surface area (Å²) in [6.07, 6.45) is 0. The van der Waals surface area contributed by atoms with E-state index in [1.807, 2.05) is 0 Å². The van der Waals surface area contributed by atoms with Crippen molar-refractivity contribution < 1.29 is 18.3 Å². The van der Waals surface area contributed by atoms with Crippen LogP contribution in [0.3, 0.4) is 0 Å². The lowest BCUT2D eigenvalue weighted by Crippen LogP contribution is -2.20. The number of nitrogen functional groups attached to an aromatic ring is 1. The summed E-state index contributed by atoms with van der Waals surface area (Å²) < 4.78 is 31.2. The van der Waals surface area contributed by atoms with Gasteiger partial charge in [0.15, 0.2) is 6.61 Å². The highest BCUT2D eigenvalue weighted by Crippen LogP contribution is 2.17. The molecule has 0 aliphatic carbocycles. The van der Waals surface area contributed by atoms with Crippen LogP contribution in [-0.4, -0.2) is 12.5 Å². The van der Waals surface area contributed by atoms with Gasteiger partial charge < -0.3 is 15.8 Å². The molecule has 0 aliphatic rings. The molecule has 0 atom stereocenters. The molecule has 0 aliphatic heterocycles. The Morgan fingerprint density at radius 2 is 1.85 bits per heavy atom. The van der Waals surface area contributed by atoms with Gasteiger partial charge in [-0.25, -0.2) is 8.78 Å². The summed E-state index contributed by atoms with van der Waals surface area (Å²) in [5.41, 5.74) is 5.82. The van der Waals surface area contributed by atoms with Crippen LogP contribution in [-0.2, 0) is 4.79 Å². The molecule has 1 amide bonds. The monoisotopic (exact) mass is 278 g/mol. The normalized spacial score (nSPS) is 10.1. The summed E-state index contributed by atoms with van der Waals surface area (Å²) >= 11 is 0. The third kappa shape index (κ3) is 3.68. The fourth-order valence-electron chi connectivity index (χ4n) is 1.50. The van der Waals surface area contributed by atoms with E-state index in [4.69, 9.17) is 10.5 Å². The molecule has 20 heavy (non-hydrogen) atoms. The van der Waals surface area contributed by atoms with Gasteiger partial charge in [0.1, 0.15) is 17.4 Å². The van der Waals surface area contributed by atoms with Crippen molar-refractivity contribution in [1.29, 1.82) is 0 Å². The van der Waals surface area contributed by atoms with Crippen LogP contribution in [0.25, 0.3) is 0 Å². The molecule has 4 nitrogen and oxygen atoms in total. The van der Waals surface area contributed by atoms with Gasteiger partial charge in [-0.05, 0) is 42.5 Å². The Morgan fingerprint density at radius 3 is 2.55 bits per heavy atom. The number of hydrogen-bond acceptors (Lipinski definition) is 3. The standard InChI is InChI=1S/C14H12F2N2O2/c15-9-1-4-11(5-2-9)20-8-14(19)18-13-7-10(17)3-6-12(13)16/h1-7H,8,17H2,(H,18,19). The van der Waals surface area contributed by atoms with Crippen molar-refractivity contribution in [3.63, 3.8) is 0 Å². The molecular weight excluding hydrogens is 266 g/mol. The number of benzene rings is 2. The highest BCUT2D eigenvalue weighted by molar-refractivity contribution is 5.92. The minimum absolute atomic E-state index is 0.0160. The quantitative estimate of drug-likeness (QED) is 0.845. The van der Waals surface area contributed by atoms with Crippen LogP contribution in [0.2, 0.25) is 0 Å². The maximum atomic E-state index is 13.4. The van der Waals surface area contributed by atoms with Crippen LogP contribution in [0.4, 0.5) is 20.2 Å². The molecular formula is C14H12F2N2O2. The minimum atomic E-state index is -0.589. The van der Waals surface area contributed by atoms with Gasteiger partial charge in [-0.15, -0.1) is 0 Å². The number of anilines is 2. The zero-order valence-corrected chi connectivity index (χ0v) is 10.4. The highest BCUT2D eigenvalue weighted by Gasteiger charge is 2.08. The molecule has 0 aromatic heterocycles. The predicted octanol–water partition coefficient (Wildman–Crippen LogP) is 2.56. The lowest BCUT2D eigenvalue weighted by molar-refractivity contribution is -0.118. The Kier molecular flexibility index (Phi) is 4.14. The topological polar surface area (TPSA) is 64.3 Å². The second-order valence-corrected chi connectivity index (χ2v) is 4.03. The first kappa shape index (κ1) is 13.8. The Morgan fingerprint density at radius 1 is 1.15 bits per heavy atom. The molecule has 6 heteroatoms. The molecule has 2 aromatic carbocycles. The Labute approximate surface area is 114 Å². The number of carbonyl (C=O) groups is 1. The molecule has 0 heterocycles. The average Bonchev–Trinajstić information content (AvgIpc) is 2.42. The summed E-state index contributed by atoms with van der Waals surface area (Å²) in [5.74, 6) is -1.19. The predicted molar refractivity (Wildman–Crippen MR) is 71.3 cm³/mol. The van der Waals surface area contributed by atoms with Crippen LogP contribution in [0, 0.1) is 11.6 Å². The fourth-order valence-corrected chi connectivity index (χ4v) is 1.50. The van der Waals surface area contributed by atoms with Crippen molar-refractivity contribution in [3.05, 3.63) is 54.1 Å². The summed E-state index contributed by atoms with van der Waals surface area (Å²) in [6, 6.07) is 9.07. The van der Waals surface area contributed by atoms with Crippen molar-refractivity contribution in [2.75, 3.05) is 17.7 Å². The molecule has 0 fully saturated rings. The van der Waals surface area contributed by atoms with Crippen molar-refractivity contribution in [1.82, 2.24) is 0 Å². The molecule has 104 valence electrons. The summed E-state index contributed by atoms with van der Waals surface area (Å²) in [5, 5.41) is 2.34. The van der Waals surface area contributed by atoms with Crippen LogP contribution < -0.4 is 15.8 Å². The van der Waals surface area contributed by atoms with Crippen LogP contribution in [0.5, 0.6) is 5.75 Å². The van der Waals surface area contributed by atoms with Gasteiger partial charge in [-0.2, -0.15) is 0 Å². The first-order chi connectivity index (χ1) is 9.54. The van der Waals surface area contributed by atoms with Gasteiger partial charge in [0.2, 0.25) is 0 Å². The van der Waals surface area contributed by atoms with E-state index in [-0.39, 0.29) is 12.3 Å². The van der Waals surface area contributed by atoms with Gasteiger partial charge in [0.25, 0.3) is 5.91 Å². The summed E-state index contributed by atoms with van der Waals surface area (Å²) in [7, 11) is 0. The Hall–Kier alpha value is -2.63. The zero-order chi connectivity index (χ0) is 14.5. The minimum Gasteiger partial charge on any atom is -0.484 e. The maximum absolute atomic E-state index is 13.4. The molecule has 2 rings (SSSR count). The second kappa shape index (κ2) is 6.01. The number of hydrogen-bond donors (Lipinski definition) is 2. The van der Waals surface area contributed by atoms with Crippen LogP contribution >= 0.6 is 0 Å². The number of nitrogens with one attached hydrogen (secondary N) is 1. The van der Waals surface area contributed by atoms with Crippen LogP contribution in [0.15, 0.2) is 42.5 Å². The maximum Gasteiger partial charge on any atom is 0.262 e. The number of rotatable bonds is 4. The lowest BCUT2D eigenvalue weighted by atomic mass is 10.2. The van der Waals surface area contributed by atoms with Crippen molar-refractivity contribution in [2.24, 2.45) is 0 Å². The van der Waals surface area contributed by atoms with Crippen molar-refractivity contribution in [3.8, 4) is 5.75 Å². The average molecular weight is 278 g/mol. The molecule has 0 saturated carbocycles. The van der Waals surface area contributed by atoms with Gasteiger partial charge >= 0.3 is 0 Å². The molecule has 0 bridgehead atoms. The van der Waals surface area contributed by atoms with Gasteiger partial charge in [-0.3, -0.25) is 4.79 Å². The molecule has 0 radical (unpaired) electrons. The molecule has 0 saturated heterocycles. The van der Waals surface area contributed by atoms with Gasteiger partial charge in [0, 0.05) is 5.69 Å². The van der Waals surface area contributed by atoms with E-state index < -0.39 is 17.5 Å². The Balaban J connectivity index is 1.92. The van der Waals surface area contributed by atoms with Crippen molar-refractivity contribution >= 4 is 17.3 Å². The lowest BCUT2D eigenvalue weighted by Gasteiger charge is -2.08. The molecule has 0 unspecified atom stereocenters. The first-order valence-corrected chi connectivity index (χ1v) is 5.78. The Bertz CT molecular complexity index is 615. The molecule has 2 aromatic rings. The van der Waals surface area contributed by atoms with Gasteiger partial charge in [0.05, 0.1) is 5.69 Å². The van der Waals surface area contributed by atoms with E-state index in [2.05, 4.69) is 5.32 Å². The second-order valence-electron chi connectivity index (χ2n) is 4.03. The zero-order valence-electron chi connectivity index (χ0n) is 10.4. The highest BCUT2D eigenvalue weighted by atomic mass is 19.1. The van der Waals surface area contributed by atoms with E-state index >= 15 is 0 Å². The van der Waals surface area contributed by atoms with Crippen LogP contribution in [0.1, 0.15) is 0 Å². The third-order valence-corrected chi connectivity index (χ3v) is 2.45. The number of halogens is 2. The summed E-state index contributed by atoms with van der Waals surface area (Å²) in [6.45, 7) is -0.320. The number of ether oxygens (including phenoxy) is 1. The molecule has 0 spiro atoms. The summed E-state index contributed by atoms with van der Waals surface area (Å²) in [4.78, 5) is 11.6. The molecule has 3 N–H and O–H groups in total. The van der Waals surface area contributed by atoms with E-state index in [1.54, 1.807) is 0 Å². The third-order valence-electron chi connectivity index (χ3n) is 2.45. The van der Waals surface area contributed by atoms with Gasteiger partial charge in [-0.1, -0.05) is 0 Å². The van der Waals surface area contributed by atoms with E-state index in [0.717, 1.165) is 6.07 Å². The number of amides is 1. The van der Waals surface area contributed by atoms with E-state index in [1.165, 1.54) is 36.4 Å². The fraction of sp³-hybridized carbons (Fsp3) is 0.0714. The SMILES string of the molecule is Nc1ccc(F)c(NC(=O)COc2ccc(F)cc2)c1. The first-order valence-electron chi connectivity index (χ1n) is 5.78.